The number of rotatable bonds is 3. The summed E-state index contributed by atoms with van der Waals surface area (Å²) in [5, 5.41) is 12.1. The Hall–Kier alpha value is -0.840. The molecule has 0 aliphatic carbocycles. The number of nitrogens with zero attached hydrogens (tertiary/aromatic N) is 1. The average Bonchev–Trinajstić information content (AvgIpc) is 2.84. The summed E-state index contributed by atoms with van der Waals surface area (Å²) in [5.41, 5.74) is 0.880. The van der Waals surface area contributed by atoms with E-state index in [0.29, 0.717) is 11.0 Å². The zero-order chi connectivity index (χ0) is 10.8. The fourth-order valence-corrected chi connectivity index (χ4v) is 2.20. The zero-order valence-corrected chi connectivity index (χ0v) is 9.68. The molecule has 1 atom stereocenters. The molecule has 1 N–H and O–H groups in total. The van der Waals surface area contributed by atoms with E-state index < -0.39 is 0 Å². The van der Waals surface area contributed by atoms with Crippen LogP contribution < -0.4 is 0 Å². The summed E-state index contributed by atoms with van der Waals surface area (Å²) in [4.78, 5) is 4.37. The van der Waals surface area contributed by atoms with Crippen molar-refractivity contribution in [3.05, 3.63) is 28.4 Å². The van der Waals surface area contributed by atoms with Gasteiger partial charge in [0.05, 0.1) is 12.3 Å². The average molecular weight is 244 g/mol. The van der Waals surface area contributed by atoms with Crippen LogP contribution in [0, 0.1) is 0 Å². The molecule has 1 unspecified atom stereocenters. The predicted molar refractivity (Wildman–Crippen MR) is 60.3 cm³/mol. The Balaban J connectivity index is 2.27. The minimum Gasteiger partial charge on any atom is -0.442 e. The molecule has 0 spiro atoms. The number of hydrogen-bond acceptors (Lipinski definition) is 4. The van der Waals surface area contributed by atoms with E-state index in [0.717, 1.165) is 10.7 Å². The minimum atomic E-state index is 0.0560. The highest BCUT2D eigenvalue weighted by Gasteiger charge is 2.12. The molecule has 80 valence electrons. The van der Waals surface area contributed by atoms with Gasteiger partial charge in [-0.2, -0.15) is 0 Å². The van der Waals surface area contributed by atoms with E-state index >= 15 is 0 Å². The zero-order valence-electron chi connectivity index (χ0n) is 8.11. The Morgan fingerprint density at radius 1 is 1.60 bits per heavy atom. The summed E-state index contributed by atoms with van der Waals surface area (Å²) in [7, 11) is 0. The van der Waals surface area contributed by atoms with Gasteiger partial charge in [0, 0.05) is 11.3 Å². The van der Waals surface area contributed by atoms with Gasteiger partial charge in [0.1, 0.15) is 0 Å². The molecule has 5 heteroatoms. The number of thiazole rings is 1. The van der Waals surface area contributed by atoms with Crippen molar-refractivity contribution >= 4 is 22.9 Å². The molecule has 0 amide bonds. The number of aliphatic hydroxyl groups excluding tert-OH is 1. The monoisotopic (exact) mass is 243 g/mol. The van der Waals surface area contributed by atoms with E-state index in [9.17, 15) is 0 Å². The van der Waals surface area contributed by atoms with Gasteiger partial charge in [-0.05, 0) is 23.7 Å². The smallest absolute Gasteiger partial charge is 0.194 e. The van der Waals surface area contributed by atoms with Crippen LogP contribution in [0.5, 0.6) is 0 Å². The Bertz CT molecular complexity index is 452. The van der Waals surface area contributed by atoms with Crippen LogP contribution >= 0.6 is 22.9 Å². The van der Waals surface area contributed by atoms with E-state index in [1.165, 1.54) is 11.3 Å². The van der Waals surface area contributed by atoms with Crippen molar-refractivity contribution in [1.29, 1.82) is 0 Å². The molecular formula is C10H10ClNO2S. The molecule has 0 aliphatic heterocycles. The number of aliphatic hydroxyl groups is 1. The molecular weight excluding hydrogens is 234 g/mol. The van der Waals surface area contributed by atoms with Crippen LogP contribution in [0.25, 0.3) is 10.8 Å². The van der Waals surface area contributed by atoms with Crippen LogP contribution in [0.3, 0.4) is 0 Å². The molecule has 0 aliphatic rings. The molecule has 0 saturated heterocycles. The highest BCUT2D eigenvalue weighted by molar-refractivity contribution is 7.13. The van der Waals surface area contributed by atoms with E-state index in [2.05, 4.69) is 4.98 Å². The lowest BCUT2D eigenvalue weighted by Gasteiger charge is -2.01. The van der Waals surface area contributed by atoms with Crippen LogP contribution in [0.4, 0.5) is 0 Å². The third-order valence-corrected chi connectivity index (χ3v) is 3.16. The Morgan fingerprint density at radius 3 is 3.00 bits per heavy atom. The van der Waals surface area contributed by atoms with Gasteiger partial charge in [-0.1, -0.05) is 6.92 Å². The summed E-state index contributed by atoms with van der Waals surface area (Å²) >= 11 is 7.16. The van der Waals surface area contributed by atoms with Crippen molar-refractivity contribution < 1.29 is 9.52 Å². The number of halogens is 1. The maximum atomic E-state index is 8.99. The quantitative estimate of drug-likeness (QED) is 0.901. The van der Waals surface area contributed by atoms with Gasteiger partial charge in [-0.15, -0.1) is 11.3 Å². The Kier molecular flexibility index (Phi) is 3.09. The highest BCUT2D eigenvalue weighted by atomic mass is 35.5. The third kappa shape index (κ3) is 2.22. The van der Waals surface area contributed by atoms with Crippen molar-refractivity contribution in [2.45, 2.75) is 12.8 Å². The van der Waals surface area contributed by atoms with Crippen LogP contribution in [0.1, 0.15) is 18.5 Å². The first-order valence-electron chi connectivity index (χ1n) is 4.52. The van der Waals surface area contributed by atoms with E-state index in [-0.39, 0.29) is 12.5 Å². The van der Waals surface area contributed by atoms with Crippen LogP contribution in [-0.2, 0) is 0 Å². The van der Waals surface area contributed by atoms with Gasteiger partial charge in [0.15, 0.2) is 16.0 Å². The van der Waals surface area contributed by atoms with Crippen LogP contribution in [-0.4, -0.2) is 16.7 Å². The summed E-state index contributed by atoms with van der Waals surface area (Å²) in [6.45, 7) is 2.02. The predicted octanol–water partition coefficient (Wildman–Crippen LogP) is 3.15. The van der Waals surface area contributed by atoms with Crippen molar-refractivity contribution in [2.24, 2.45) is 0 Å². The molecule has 0 aromatic carbocycles. The van der Waals surface area contributed by atoms with Crippen LogP contribution in [0.15, 0.2) is 21.9 Å². The lowest BCUT2D eigenvalue weighted by molar-refractivity contribution is 0.271. The topological polar surface area (TPSA) is 46.3 Å². The number of hydrogen-bond donors (Lipinski definition) is 1. The second kappa shape index (κ2) is 4.35. The lowest BCUT2D eigenvalue weighted by atomic mass is 10.1. The lowest BCUT2D eigenvalue weighted by Crippen LogP contribution is -1.98. The molecule has 3 nitrogen and oxygen atoms in total. The minimum absolute atomic E-state index is 0.0560. The first-order valence-corrected chi connectivity index (χ1v) is 5.78. The third-order valence-electron chi connectivity index (χ3n) is 2.08. The SMILES string of the molecule is CC(CO)c1csc(-c2ccc(Cl)o2)n1. The summed E-state index contributed by atoms with van der Waals surface area (Å²) < 4.78 is 5.25. The normalized spacial score (nSPS) is 13.0. The molecule has 0 saturated carbocycles. The Labute approximate surface area is 96.3 Å². The van der Waals surface area contributed by atoms with Crippen molar-refractivity contribution in [1.82, 2.24) is 4.98 Å². The van der Waals surface area contributed by atoms with Gasteiger partial charge >= 0.3 is 0 Å². The largest absolute Gasteiger partial charge is 0.442 e. The molecule has 2 aromatic heterocycles. The summed E-state index contributed by atoms with van der Waals surface area (Å²) in [6, 6.07) is 3.47. The second-order valence-corrected chi connectivity index (χ2v) is 4.50. The van der Waals surface area contributed by atoms with Crippen molar-refractivity contribution in [3.63, 3.8) is 0 Å². The standard InChI is InChI=1S/C10H10ClNO2S/c1-6(4-13)7-5-15-10(12-7)8-2-3-9(11)14-8/h2-3,5-6,13H,4H2,1H3. The fraction of sp³-hybridized carbons (Fsp3) is 0.300. The molecule has 0 fully saturated rings. The molecule has 0 radical (unpaired) electrons. The van der Waals surface area contributed by atoms with E-state index in [1.54, 1.807) is 12.1 Å². The second-order valence-electron chi connectivity index (χ2n) is 3.26. The molecule has 15 heavy (non-hydrogen) atoms. The van der Waals surface area contributed by atoms with E-state index in [1.807, 2.05) is 12.3 Å². The van der Waals surface area contributed by atoms with E-state index in [4.69, 9.17) is 21.1 Å². The number of furan rings is 1. The first-order chi connectivity index (χ1) is 7.20. The highest BCUT2D eigenvalue weighted by Crippen LogP contribution is 2.29. The van der Waals surface area contributed by atoms with Gasteiger partial charge in [-0.25, -0.2) is 4.98 Å². The fourth-order valence-electron chi connectivity index (χ4n) is 1.15. The maximum absolute atomic E-state index is 8.99. The van der Waals surface area contributed by atoms with Gasteiger partial charge in [0.25, 0.3) is 0 Å². The van der Waals surface area contributed by atoms with Crippen molar-refractivity contribution in [2.75, 3.05) is 6.61 Å². The molecule has 0 bridgehead atoms. The van der Waals surface area contributed by atoms with Gasteiger partial charge in [0.2, 0.25) is 0 Å². The molecule has 2 heterocycles. The molecule has 2 aromatic rings. The maximum Gasteiger partial charge on any atom is 0.194 e. The summed E-state index contributed by atoms with van der Waals surface area (Å²) in [5.74, 6) is 0.724. The van der Waals surface area contributed by atoms with Crippen LogP contribution in [0.2, 0.25) is 5.22 Å². The van der Waals surface area contributed by atoms with Gasteiger partial charge < -0.3 is 9.52 Å². The van der Waals surface area contributed by atoms with Gasteiger partial charge in [-0.3, -0.25) is 0 Å². The summed E-state index contributed by atoms with van der Waals surface area (Å²) in [6.07, 6.45) is 0. The first kappa shape index (κ1) is 10.7. The van der Waals surface area contributed by atoms with Crippen molar-refractivity contribution in [3.8, 4) is 10.8 Å². The molecule has 2 rings (SSSR count). The Morgan fingerprint density at radius 2 is 2.40 bits per heavy atom. The number of aromatic nitrogens is 1.